The Labute approximate surface area is 295 Å². The van der Waals surface area contributed by atoms with Gasteiger partial charge in [0.2, 0.25) is 17.7 Å². The topological polar surface area (TPSA) is 95.6 Å². The second-order valence-corrected chi connectivity index (χ2v) is 13.7. The minimum absolute atomic E-state index is 0.0850. The summed E-state index contributed by atoms with van der Waals surface area (Å²) in [5.41, 5.74) is 6.36. The van der Waals surface area contributed by atoms with Crippen LogP contribution in [0.15, 0.2) is 60.7 Å². The summed E-state index contributed by atoms with van der Waals surface area (Å²) in [5, 5.41) is 10.3. The van der Waals surface area contributed by atoms with Crippen LogP contribution in [-0.4, -0.2) is 60.5 Å². The molecule has 2 atom stereocenters. The number of fused-ring (bicyclic) bond motifs is 1. The number of pyridine rings is 1. The van der Waals surface area contributed by atoms with Gasteiger partial charge in [0.05, 0.1) is 22.8 Å². The Hall–Kier alpha value is -4.02. The summed E-state index contributed by atoms with van der Waals surface area (Å²) in [4.78, 5) is 30.2. The van der Waals surface area contributed by atoms with Crippen molar-refractivity contribution in [1.29, 1.82) is 0 Å². The smallest absolute Gasteiger partial charge is 0.220 e. The Kier molecular flexibility index (Phi) is 9.87. The van der Waals surface area contributed by atoms with Crippen molar-refractivity contribution in [3.8, 4) is 39.4 Å². The summed E-state index contributed by atoms with van der Waals surface area (Å²) >= 11 is 14.2. The van der Waals surface area contributed by atoms with E-state index in [4.69, 9.17) is 32.9 Å². The number of carbonyl (C=O) groups excluding carboxylic acids is 2. The van der Waals surface area contributed by atoms with Crippen LogP contribution in [0.25, 0.3) is 33.5 Å². The predicted molar refractivity (Wildman–Crippen MR) is 190 cm³/mol. The molecule has 1 aromatic heterocycles. The highest BCUT2D eigenvalue weighted by atomic mass is 35.5. The van der Waals surface area contributed by atoms with E-state index < -0.39 is 0 Å². The summed E-state index contributed by atoms with van der Waals surface area (Å²) in [7, 11) is 1.59. The van der Waals surface area contributed by atoms with Crippen LogP contribution in [0.2, 0.25) is 10.0 Å². The van der Waals surface area contributed by atoms with Crippen LogP contribution in [0.5, 0.6) is 5.88 Å². The van der Waals surface area contributed by atoms with Gasteiger partial charge in [0.15, 0.2) is 0 Å². The number of amides is 2. The maximum Gasteiger partial charge on any atom is 0.220 e. The molecule has 0 aliphatic carbocycles. The van der Waals surface area contributed by atoms with E-state index in [2.05, 4.69) is 20.9 Å². The molecule has 0 bridgehead atoms. The maximum absolute atomic E-state index is 16.3. The fourth-order valence-electron chi connectivity index (χ4n) is 7.17. The van der Waals surface area contributed by atoms with Crippen molar-refractivity contribution in [3.63, 3.8) is 0 Å². The van der Waals surface area contributed by atoms with E-state index in [-0.39, 0.29) is 29.7 Å². The summed E-state index contributed by atoms with van der Waals surface area (Å²) in [5.74, 6) is 0.391. The van der Waals surface area contributed by atoms with Crippen molar-refractivity contribution in [1.82, 2.24) is 25.8 Å². The molecule has 0 saturated carbocycles. The lowest BCUT2D eigenvalue weighted by Crippen LogP contribution is -2.41. The van der Waals surface area contributed by atoms with Crippen LogP contribution in [0.3, 0.4) is 0 Å². The van der Waals surface area contributed by atoms with Crippen LogP contribution >= 0.6 is 23.2 Å². The predicted octanol–water partition coefficient (Wildman–Crippen LogP) is 6.54. The minimum atomic E-state index is -0.268. The van der Waals surface area contributed by atoms with Crippen molar-refractivity contribution in [3.05, 3.63) is 93.2 Å². The van der Waals surface area contributed by atoms with Gasteiger partial charge in [-0.1, -0.05) is 77.8 Å². The van der Waals surface area contributed by atoms with Gasteiger partial charge in [0, 0.05) is 96.6 Å². The van der Waals surface area contributed by atoms with Gasteiger partial charge >= 0.3 is 0 Å². The average Bonchev–Trinajstić information content (AvgIpc) is 3.72. The molecule has 0 unspecified atom stereocenters. The zero-order valence-electron chi connectivity index (χ0n) is 27.3. The van der Waals surface area contributed by atoms with Crippen LogP contribution in [0.1, 0.15) is 42.4 Å². The SMILES string of the molecule is COc1nc(-c2cccc(-c3cccc(-c4ccc5c(c4F)CN(C[C@@H]4CCC(=O)N4)CC5)c3Cl)c2Cl)ccc1CNC[C@H]1CCC(=O)N1. The van der Waals surface area contributed by atoms with Gasteiger partial charge in [-0.3, -0.25) is 14.5 Å². The second-order valence-electron chi connectivity index (χ2n) is 13.0. The summed E-state index contributed by atoms with van der Waals surface area (Å²) < 4.78 is 22.0. The van der Waals surface area contributed by atoms with Crippen LogP contribution in [-0.2, 0) is 29.1 Å². The van der Waals surface area contributed by atoms with E-state index in [1.54, 1.807) is 7.11 Å². The Morgan fingerprint density at radius 2 is 1.51 bits per heavy atom. The number of nitrogens with one attached hydrogen (secondary N) is 3. The number of hydrogen-bond donors (Lipinski definition) is 3. The fourth-order valence-corrected chi connectivity index (χ4v) is 7.82. The van der Waals surface area contributed by atoms with Crippen molar-refractivity contribution in [2.75, 3.05) is 26.7 Å². The Morgan fingerprint density at radius 3 is 2.18 bits per heavy atom. The molecule has 8 nitrogen and oxygen atoms in total. The molecule has 3 aromatic carbocycles. The first-order valence-corrected chi connectivity index (χ1v) is 17.5. The van der Waals surface area contributed by atoms with E-state index in [9.17, 15) is 9.59 Å². The van der Waals surface area contributed by atoms with E-state index in [0.717, 1.165) is 36.9 Å². The first-order chi connectivity index (χ1) is 23.8. The Bertz CT molecular complexity index is 1920. The molecule has 7 rings (SSSR count). The van der Waals surface area contributed by atoms with E-state index in [1.807, 2.05) is 60.7 Å². The first-order valence-electron chi connectivity index (χ1n) is 16.7. The van der Waals surface area contributed by atoms with Crippen LogP contribution < -0.4 is 20.7 Å². The summed E-state index contributed by atoms with van der Waals surface area (Å²) in [6.45, 7) is 3.22. The number of methoxy groups -OCH3 is 1. The summed E-state index contributed by atoms with van der Waals surface area (Å²) in [6.07, 6.45) is 3.50. The van der Waals surface area contributed by atoms with Crippen molar-refractivity contribution in [2.24, 2.45) is 0 Å². The zero-order valence-corrected chi connectivity index (χ0v) is 28.8. The molecule has 2 amide bonds. The molecule has 3 N–H and O–H groups in total. The maximum atomic E-state index is 16.3. The van der Waals surface area contributed by atoms with E-state index in [1.165, 1.54) is 0 Å². The number of carbonyl (C=O) groups is 2. The highest BCUT2D eigenvalue weighted by Gasteiger charge is 2.28. The molecule has 3 aliphatic heterocycles. The molecule has 4 aromatic rings. The summed E-state index contributed by atoms with van der Waals surface area (Å²) in [6, 6.07) is 19.2. The quantitative estimate of drug-likeness (QED) is 0.174. The molecular formula is C38H38Cl2FN5O3. The van der Waals surface area contributed by atoms with Gasteiger partial charge in [0.1, 0.15) is 5.82 Å². The van der Waals surface area contributed by atoms with Crippen LogP contribution in [0, 0.1) is 5.82 Å². The molecule has 0 spiro atoms. The number of nitrogens with zero attached hydrogens (tertiary/aromatic N) is 2. The van der Waals surface area contributed by atoms with Gasteiger partial charge < -0.3 is 20.7 Å². The molecular weight excluding hydrogens is 664 g/mol. The van der Waals surface area contributed by atoms with Crippen molar-refractivity contribution in [2.45, 2.75) is 57.3 Å². The Balaban J connectivity index is 1.13. The van der Waals surface area contributed by atoms with Gasteiger partial charge in [-0.2, -0.15) is 0 Å². The third-order valence-electron chi connectivity index (χ3n) is 9.76. The lowest BCUT2D eigenvalue weighted by molar-refractivity contribution is -0.120. The monoisotopic (exact) mass is 701 g/mol. The molecule has 11 heteroatoms. The molecule has 49 heavy (non-hydrogen) atoms. The van der Waals surface area contributed by atoms with Gasteiger partial charge in [0.25, 0.3) is 0 Å². The molecule has 2 saturated heterocycles. The van der Waals surface area contributed by atoms with Crippen molar-refractivity contribution >= 4 is 35.0 Å². The highest BCUT2D eigenvalue weighted by Crippen LogP contribution is 2.43. The number of aromatic nitrogens is 1. The molecule has 254 valence electrons. The highest BCUT2D eigenvalue weighted by molar-refractivity contribution is 6.39. The average molecular weight is 703 g/mol. The number of halogens is 3. The zero-order chi connectivity index (χ0) is 34.1. The molecule has 0 radical (unpaired) electrons. The number of benzene rings is 3. The number of rotatable bonds is 10. The third-order valence-corrected chi connectivity index (χ3v) is 10.6. The Morgan fingerprint density at radius 1 is 0.857 bits per heavy atom. The number of hydrogen-bond acceptors (Lipinski definition) is 6. The molecule has 3 aliphatic rings. The van der Waals surface area contributed by atoms with Gasteiger partial charge in [-0.15, -0.1) is 0 Å². The first kappa shape index (κ1) is 33.5. The van der Waals surface area contributed by atoms with Crippen molar-refractivity contribution < 1.29 is 18.7 Å². The third kappa shape index (κ3) is 7.03. The van der Waals surface area contributed by atoms with E-state index in [0.29, 0.717) is 94.0 Å². The molecule has 2 fully saturated rings. The van der Waals surface area contributed by atoms with Gasteiger partial charge in [-0.25, -0.2) is 9.37 Å². The standard InChI is InChI=1S/C38H38Cl2FN5O3/c1-49-38-23(18-42-19-24-10-14-33(47)43-24)9-13-32(45-38)30-7-3-5-27(36(30)40)26-4-2-6-28(35(26)39)29-12-8-22-16-17-46(21-31(22)37(29)41)20-25-11-15-34(48)44-25/h2-9,12-13,24-25,42H,10-11,14-21H2,1H3,(H,43,47)(H,44,48)/t24-,25+/m1/s1. The molecule has 4 heterocycles. The normalized spacial score (nSPS) is 19.1. The number of ether oxygens (including phenoxy) is 1. The lowest BCUT2D eigenvalue weighted by atomic mass is 9.92. The fraction of sp³-hybridized carbons (Fsp3) is 0.342. The van der Waals surface area contributed by atoms with Gasteiger partial charge in [-0.05, 0) is 30.9 Å². The minimum Gasteiger partial charge on any atom is -0.481 e. The second kappa shape index (κ2) is 14.5. The lowest BCUT2D eigenvalue weighted by Gasteiger charge is -2.31. The largest absolute Gasteiger partial charge is 0.481 e. The van der Waals surface area contributed by atoms with E-state index >= 15 is 4.39 Å². The van der Waals surface area contributed by atoms with Crippen LogP contribution in [0.4, 0.5) is 4.39 Å².